The number of halogens is 1. The van der Waals surface area contributed by atoms with Crippen LogP contribution in [0.2, 0.25) is 5.02 Å². The van der Waals surface area contributed by atoms with Gasteiger partial charge in [-0.15, -0.1) is 0 Å². The van der Waals surface area contributed by atoms with Crippen LogP contribution in [-0.2, 0) is 27.3 Å². The minimum atomic E-state index is -0.763. The number of ether oxygens (including phenoxy) is 1. The third-order valence-electron chi connectivity index (χ3n) is 4.80. The molecule has 152 valence electrons. The molecule has 0 unspecified atom stereocenters. The highest BCUT2D eigenvalue weighted by atomic mass is 35.5. The van der Waals surface area contributed by atoms with Crippen molar-refractivity contribution in [3.8, 4) is 0 Å². The molecule has 1 atom stereocenters. The Bertz CT molecular complexity index is 901. The molecule has 0 aliphatic carbocycles. The van der Waals surface area contributed by atoms with Gasteiger partial charge >= 0.3 is 12.0 Å². The zero-order valence-corrected chi connectivity index (χ0v) is 16.5. The summed E-state index contributed by atoms with van der Waals surface area (Å²) in [6.45, 7) is 0.748. The van der Waals surface area contributed by atoms with E-state index in [0.717, 1.165) is 12.0 Å². The molecule has 0 aromatic heterocycles. The molecular formula is C21H22ClN3O4. The summed E-state index contributed by atoms with van der Waals surface area (Å²) in [5, 5.41) is 3.04. The number of carbonyl (C=O) groups is 3. The monoisotopic (exact) mass is 415 g/mol. The molecule has 3 rings (SSSR count). The molecule has 8 heteroatoms. The van der Waals surface area contributed by atoms with Crippen molar-refractivity contribution in [2.24, 2.45) is 5.73 Å². The van der Waals surface area contributed by atoms with E-state index in [1.807, 2.05) is 18.2 Å². The van der Waals surface area contributed by atoms with Gasteiger partial charge in [-0.2, -0.15) is 0 Å². The lowest BCUT2D eigenvalue weighted by molar-refractivity contribution is -0.152. The largest absolute Gasteiger partial charge is 0.455 e. The van der Waals surface area contributed by atoms with Gasteiger partial charge in [-0.3, -0.25) is 9.59 Å². The van der Waals surface area contributed by atoms with E-state index in [1.165, 1.54) is 5.56 Å². The first-order valence-corrected chi connectivity index (χ1v) is 9.62. The number of nitrogens with zero attached hydrogens (tertiary/aromatic N) is 1. The van der Waals surface area contributed by atoms with Crippen LogP contribution in [0.3, 0.4) is 0 Å². The van der Waals surface area contributed by atoms with Crippen molar-refractivity contribution >= 4 is 29.5 Å². The highest BCUT2D eigenvalue weighted by Gasteiger charge is 2.23. The van der Waals surface area contributed by atoms with Crippen molar-refractivity contribution in [3.63, 3.8) is 0 Å². The first kappa shape index (κ1) is 20.7. The third-order valence-corrected chi connectivity index (χ3v) is 5.05. The van der Waals surface area contributed by atoms with E-state index in [-0.39, 0.29) is 18.9 Å². The van der Waals surface area contributed by atoms with Crippen LogP contribution in [0.1, 0.15) is 29.2 Å². The van der Waals surface area contributed by atoms with E-state index in [2.05, 4.69) is 11.4 Å². The van der Waals surface area contributed by atoms with Crippen LogP contribution in [-0.4, -0.2) is 36.0 Å². The van der Waals surface area contributed by atoms with Crippen molar-refractivity contribution in [1.29, 1.82) is 0 Å². The highest BCUT2D eigenvalue weighted by molar-refractivity contribution is 6.30. The lowest BCUT2D eigenvalue weighted by Crippen LogP contribution is -2.39. The number of urea groups is 1. The second-order valence-corrected chi connectivity index (χ2v) is 7.25. The summed E-state index contributed by atoms with van der Waals surface area (Å²) in [4.78, 5) is 37.6. The Morgan fingerprint density at radius 3 is 2.48 bits per heavy atom. The first-order valence-electron chi connectivity index (χ1n) is 9.24. The second kappa shape index (κ2) is 9.43. The predicted molar refractivity (Wildman–Crippen MR) is 108 cm³/mol. The molecule has 2 aromatic rings. The van der Waals surface area contributed by atoms with Crippen LogP contribution in [0.4, 0.5) is 4.79 Å². The van der Waals surface area contributed by atoms with Gasteiger partial charge in [0.05, 0.1) is 12.5 Å². The third kappa shape index (κ3) is 5.71. The van der Waals surface area contributed by atoms with Gasteiger partial charge in [0.2, 0.25) is 0 Å². The van der Waals surface area contributed by atoms with Gasteiger partial charge in [0.1, 0.15) is 0 Å². The number of nitrogens with two attached hydrogens (primary N) is 1. The minimum Gasteiger partial charge on any atom is -0.455 e. The van der Waals surface area contributed by atoms with Crippen LogP contribution >= 0.6 is 11.6 Å². The first-order chi connectivity index (χ1) is 13.9. The molecular weight excluding hydrogens is 394 g/mol. The summed E-state index contributed by atoms with van der Waals surface area (Å²) >= 11 is 5.87. The molecule has 1 aliphatic heterocycles. The van der Waals surface area contributed by atoms with Crippen molar-refractivity contribution in [3.05, 3.63) is 70.2 Å². The van der Waals surface area contributed by atoms with E-state index in [9.17, 15) is 14.4 Å². The Morgan fingerprint density at radius 1 is 1.10 bits per heavy atom. The summed E-state index contributed by atoms with van der Waals surface area (Å²) in [5.41, 5.74) is 8.20. The summed E-state index contributed by atoms with van der Waals surface area (Å²) in [5.74, 6) is -0.858. The van der Waals surface area contributed by atoms with Gasteiger partial charge in [-0.05, 0) is 35.2 Å². The molecule has 2 aromatic carbocycles. The van der Waals surface area contributed by atoms with Crippen molar-refractivity contribution in [1.82, 2.24) is 10.2 Å². The Balaban J connectivity index is 1.54. The van der Waals surface area contributed by atoms with Gasteiger partial charge in [0, 0.05) is 18.1 Å². The maximum atomic E-state index is 12.4. The van der Waals surface area contributed by atoms with Crippen LogP contribution < -0.4 is 11.1 Å². The smallest absolute Gasteiger partial charge is 0.312 e. The summed E-state index contributed by atoms with van der Waals surface area (Å²) < 4.78 is 5.15. The number of nitrogens with one attached hydrogen (secondary N) is 1. The molecule has 0 saturated carbocycles. The molecule has 1 heterocycles. The molecule has 0 bridgehead atoms. The van der Waals surface area contributed by atoms with E-state index in [4.69, 9.17) is 22.1 Å². The summed E-state index contributed by atoms with van der Waals surface area (Å²) in [6, 6.07) is 13.2. The average Bonchev–Trinajstić information content (AvgIpc) is 2.71. The summed E-state index contributed by atoms with van der Waals surface area (Å²) in [6.07, 6.45) is 0.623. The molecule has 7 nitrogen and oxygen atoms in total. The number of carbonyl (C=O) groups excluding carboxylic acids is 3. The highest BCUT2D eigenvalue weighted by Crippen LogP contribution is 2.21. The van der Waals surface area contributed by atoms with E-state index < -0.39 is 18.0 Å². The van der Waals surface area contributed by atoms with Crippen molar-refractivity contribution < 1.29 is 19.1 Å². The van der Waals surface area contributed by atoms with E-state index in [0.29, 0.717) is 23.7 Å². The molecule has 0 radical (unpaired) electrons. The Labute approximate surface area is 173 Å². The van der Waals surface area contributed by atoms with Crippen molar-refractivity contribution in [2.45, 2.75) is 25.4 Å². The predicted octanol–water partition coefficient (Wildman–Crippen LogP) is 2.57. The maximum Gasteiger partial charge on any atom is 0.312 e. The van der Waals surface area contributed by atoms with Gasteiger partial charge in [0.25, 0.3) is 5.91 Å². The van der Waals surface area contributed by atoms with Crippen LogP contribution in [0.5, 0.6) is 0 Å². The molecule has 3 amide bonds. The second-order valence-electron chi connectivity index (χ2n) is 6.81. The lowest BCUT2D eigenvalue weighted by atomic mass is 10.00. The summed E-state index contributed by atoms with van der Waals surface area (Å²) in [7, 11) is 0. The van der Waals surface area contributed by atoms with E-state index in [1.54, 1.807) is 29.2 Å². The fourth-order valence-corrected chi connectivity index (χ4v) is 3.41. The normalized spacial score (nSPS) is 13.9. The average molecular weight is 416 g/mol. The Hall–Kier alpha value is -3.06. The zero-order chi connectivity index (χ0) is 20.8. The Morgan fingerprint density at radius 2 is 1.79 bits per heavy atom. The molecule has 1 aliphatic rings. The van der Waals surface area contributed by atoms with Gasteiger partial charge in [-0.1, -0.05) is 48.0 Å². The molecule has 29 heavy (non-hydrogen) atoms. The van der Waals surface area contributed by atoms with Crippen molar-refractivity contribution in [2.75, 3.05) is 13.2 Å². The minimum absolute atomic E-state index is 0.152. The Kier molecular flexibility index (Phi) is 6.72. The van der Waals surface area contributed by atoms with Gasteiger partial charge in [0.15, 0.2) is 6.61 Å². The molecule has 0 fully saturated rings. The topological polar surface area (TPSA) is 102 Å². The number of amides is 3. The van der Waals surface area contributed by atoms with Crippen LogP contribution in [0.25, 0.3) is 0 Å². The molecule has 3 N–H and O–H groups in total. The zero-order valence-electron chi connectivity index (χ0n) is 15.8. The van der Waals surface area contributed by atoms with Crippen LogP contribution in [0, 0.1) is 0 Å². The number of hydrogen-bond acceptors (Lipinski definition) is 4. The van der Waals surface area contributed by atoms with Crippen LogP contribution in [0.15, 0.2) is 48.5 Å². The maximum absolute atomic E-state index is 12.4. The lowest BCUT2D eigenvalue weighted by Gasteiger charge is -2.28. The van der Waals surface area contributed by atoms with Gasteiger partial charge in [-0.25, -0.2) is 4.79 Å². The molecule has 0 spiro atoms. The fourth-order valence-electron chi connectivity index (χ4n) is 3.29. The molecule has 0 saturated heterocycles. The standard InChI is InChI=1S/C21H22ClN3O4/c22-17-7-5-15(6-8-17)18(24-21(23)28)11-20(27)29-13-19(26)25-10-9-14-3-1-2-4-16(14)12-25/h1-8,18H,9-13H2,(H3,23,24,28)/t18-/m1/s1. The number of rotatable bonds is 6. The quantitative estimate of drug-likeness (QED) is 0.708. The number of primary amides is 1. The SMILES string of the molecule is NC(=O)N[C@H](CC(=O)OCC(=O)N1CCc2ccccc2C1)c1ccc(Cl)cc1. The number of hydrogen-bond donors (Lipinski definition) is 2. The number of esters is 1. The van der Waals surface area contributed by atoms with E-state index >= 15 is 0 Å². The number of benzene rings is 2. The van der Waals surface area contributed by atoms with Gasteiger partial charge < -0.3 is 20.7 Å². The number of fused-ring (bicyclic) bond motifs is 1. The fraction of sp³-hybridized carbons (Fsp3) is 0.286.